The Labute approximate surface area is 121 Å². The van der Waals surface area contributed by atoms with Gasteiger partial charge in [-0.3, -0.25) is 0 Å². The van der Waals surface area contributed by atoms with Crippen LogP contribution in [0, 0.1) is 11.3 Å². The van der Waals surface area contributed by atoms with Crippen LogP contribution in [0.2, 0.25) is 0 Å². The molecule has 0 aliphatic rings. The van der Waals surface area contributed by atoms with Gasteiger partial charge in [-0.15, -0.1) is 0 Å². The molecule has 110 valence electrons. The molecule has 6 heteroatoms. The van der Waals surface area contributed by atoms with E-state index in [9.17, 15) is 8.42 Å². The SMILES string of the molecule is CCCCCCCCNS(=O)(=O)c1cccnc1C#N. The van der Waals surface area contributed by atoms with Crippen LogP contribution in [0.25, 0.3) is 0 Å². The van der Waals surface area contributed by atoms with Gasteiger partial charge < -0.3 is 0 Å². The van der Waals surface area contributed by atoms with Gasteiger partial charge in [0.2, 0.25) is 10.0 Å². The smallest absolute Gasteiger partial charge is 0.243 e. The van der Waals surface area contributed by atoms with Gasteiger partial charge in [-0.2, -0.15) is 5.26 Å². The van der Waals surface area contributed by atoms with E-state index in [1.165, 1.54) is 37.6 Å². The minimum atomic E-state index is -3.64. The van der Waals surface area contributed by atoms with Crippen LogP contribution < -0.4 is 4.72 Å². The lowest BCUT2D eigenvalue weighted by Crippen LogP contribution is -2.25. The van der Waals surface area contributed by atoms with E-state index in [1.54, 1.807) is 6.07 Å². The predicted molar refractivity (Wildman–Crippen MR) is 77.5 cm³/mol. The van der Waals surface area contributed by atoms with E-state index in [0.29, 0.717) is 6.54 Å². The van der Waals surface area contributed by atoms with Gasteiger partial charge >= 0.3 is 0 Å². The zero-order valence-electron chi connectivity index (χ0n) is 11.8. The number of nitrogens with zero attached hydrogens (tertiary/aromatic N) is 2. The van der Waals surface area contributed by atoms with Gasteiger partial charge in [0.1, 0.15) is 11.0 Å². The van der Waals surface area contributed by atoms with E-state index >= 15 is 0 Å². The third-order valence-electron chi connectivity index (χ3n) is 2.99. The van der Waals surface area contributed by atoms with Crippen molar-refractivity contribution in [2.24, 2.45) is 0 Å². The number of aromatic nitrogens is 1. The molecule has 0 aromatic carbocycles. The van der Waals surface area contributed by atoms with Crippen molar-refractivity contribution in [2.75, 3.05) is 6.54 Å². The maximum atomic E-state index is 12.0. The number of nitrogens with one attached hydrogen (secondary N) is 1. The first-order valence-electron chi connectivity index (χ1n) is 6.96. The average molecular weight is 295 g/mol. The zero-order chi connectivity index (χ0) is 14.8. The van der Waals surface area contributed by atoms with Gasteiger partial charge in [-0.1, -0.05) is 39.0 Å². The second-order valence-electron chi connectivity index (χ2n) is 4.63. The molecular weight excluding hydrogens is 274 g/mol. The van der Waals surface area contributed by atoms with Crippen molar-refractivity contribution in [3.63, 3.8) is 0 Å². The van der Waals surface area contributed by atoms with Crippen molar-refractivity contribution in [1.29, 1.82) is 5.26 Å². The highest BCUT2D eigenvalue weighted by Gasteiger charge is 2.18. The summed E-state index contributed by atoms with van der Waals surface area (Å²) in [6.07, 6.45) is 7.99. The van der Waals surface area contributed by atoms with E-state index in [4.69, 9.17) is 5.26 Å². The highest BCUT2D eigenvalue weighted by Crippen LogP contribution is 2.12. The first kappa shape index (κ1) is 16.6. The monoisotopic (exact) mass is 295 g/mol. The summed E-state index contributed by atoms with van der Waals surface area (Å²) < 4.78 is 26.6. The molecule has 1 N–H and O–H groups in total. The summed E-state index contributed by atoms with van der Waals surface area (Å²) in [5, 5.41) is 8.87. The highest BCUT2D eigenvalue weighted by atomic mass is 32.2. The fraction of sp³-hybridized carbons (Fsp3) is 0.571. The summed E-state index contributed by atoms with van der Waals surface area (Å²) in [4.78, 5) is 3.71. The Bertz CT molecular complexity index is 550. The summed E-state index contributed by atoms with van der Waals surface area (Å²) in [7, 11) is -3.64. The van der Waals surface area contributed by atoms with E-state index in [0.717, 1.165) is 19.3 Å². The van der Waals surface area contributed by atoms with Gasteiger partial charge in [-0.05, 0) is 18.6 Å². The fourth-order valence-corrected chi connectivity index (χ4v) is 3.06. The van der Waals surface area contributed by atoms with E-state index in [-0.39, 0.29) is 10.6 Å². The maximum absolute atomic E-state index is 12.0. The van der Waals surface area contributed by atoms with Gasteiger partial charge in [0.25, 0.3) is 0 Å². The molecular formula is C14H21N3O2S. The number of hydrogen-bond acceptors (Lipinski definition) is 4. The Hall–Kier alpha value is -1.45. The molecule has 0 fully saturated rings. The van der Waals surface area contributed by atoms with Crippen LogP contribution in [0.1, 0.15) is 51.1 Å². The lowest BCUT2D eigenvalue weighted by Gasteiger charge is -2.07. The molecule has 0 amide bonds. The van der Waals surface area contributed by atoms with Gasteiger partial charge in [-0.25, -0.2) is 18.1 Å². The van der Waals surface area contributed by atoms with Crippen molar-refractivity contribution in [1.82, 2.24) is 9.71 Å². The number of pyridine rings is 1. The van der Waals surface area contributed by atoms with Crippen molar-refractivity contribution in [2.45, 2.75) is 50.3 Å². The van der Waals surface area contributed by atoms with Crippen LogP contribution in [0.3, 0.4) is 0 Å². The molecule has 0 atom stereocenters. The molecule has 0 aliphatic carbocycles. The lowest BCUT2D eigenvalue weighted by molar-refractivity contribution is 0.567. The van der Waals surface area contributed by atoms with E-state index in [2.05, 4.69) is 16.6 Å². The Morgan fingerprint density at radius 1 is 1.25 bits per heavy atom. The molecule has 0 saturated heterocycles. The lowest BCUT2D eigenvalue weighted by atomic mass is 10.1. The van der Waals surface area contributed by atoms with Crippen molar-refractivity contribution in [3.05, 3.63) is 24.0 Å². The van der Waals surface area contributed by atoms with Crippen molar-refractivity contribution < 1.29 is 8.42 Å². The third-order valence-corrected chi connectivity index (χ3v) is 4.48. The van der Waals surface area contributed by atoms with Gasteiger partial charge in [0.05, 0.1) is 0 Å². The molecule has 0 bridgehead atoms. The summed E-state index contributed by atoms with van der Waals surface area (Å²) in [6, 6.07) is 4.71. The number of sulfonamides is 1. The Morgan fingerprint density at radius 3 is 2.65 bits per heavy atom. The number of rotatable bonds is 9. The molecule has 0 radical (unpaired) electrons. The summed E-state index contributed by atoms with van der Waals surface area (Å²) in [5.74, 6) is 0. The molecule has 0 saturated carbocycles. The van der Waals surface area contributed by atoms with Crippen molar-refractivity contribution >= 4 is 10.0 Å². The Balaban J connectivity index is 2.45. The van der Waals surface area contributed by atoms with Crippen LogP contribution in [0.15, 0.2) is 23.2 Å². The molecule has 1 rings (SSSR count). The van der Waals surface area contributed by atoms with Crippen LogP contribution in [-0.2, 0) is 10.0 Å². The fourth-order valence-electron chi connectivity index (χ4n) is 1.88. The molecule has 0 spiro atoms. The summed E-state index contributed by atoms with van der Waals surface area (Å²) in [6.45, 7) is 2.56. The Kier molecular flexibility index (Phi) is 7.20. The summed E-state index contributed by atoms with van der Waals surface area (Å²) >= 11 is 0. The van der Waals surface area contributed by atoms with Crippen LogP contribution in [-0.4, -0.2) is 19.9 Å². The quantitative estimate of drug-likeness (QED) is 0.710. The topological polar surface area (TPSA) is 82.8 Å². The normalized spacial score (nSPS) is 11.2. The van der Waals surface area contributed by atoms with Crippen LogP contribution in [0.5, 0.6) is 0 Å². The van der Waals surface area contributed by atoms with Crippen LogP contribution >= 0.6 is 0 Å². The summed E-state index contributed by atoms with van der Waals surface area (Å²) in [5.41, 5.74) is -0.0667. The number of nitriles is 1. The number of unbranched alkanes of at least 4 members (excludes halogenated alkanes) is 5. The number of hydrogen-bond donors (Lipinski definition) is 1. The molecule has 1 aromatic heterocycles. The van der Waals surface area contributed by atoms with Gasteiger partial charge in [0.15, 0.2) is 5.69 Å². The zero-order valence-corrected chi connectivity index (χ0v) is 12.6. The standard InChI is InChI=1S/C14H21N3O2S/c1-2-3-4-5-6-7-11-17-20(18,19)14-9-8-10-16-13(14)12-15/h8-10,17H,2-7,11H2,1H3. The van der Waals surface area contributed by atoms with Crippen molar-refractivity contribution in [3.8, 4) is 6.07 Å². The maximum Gasteiger partial charge on any atom is 0.243 e. The third kappa shape index (κ3) is 5.27. The molecule has 1 heterocycles. The van der Waals surface area contributed by atoms with Gasteiger partial charge in [0, 0.05) is 12.7 Å². The molecule has 0 unspecified atom stereocenters. The second-order valence-corrected chi connectivity index (χ2v) is 6.36. The minimum Gasteiger partial charge on any atom is -0.244 e. The molecule has 20 heavy (non-hydrogen) atoms. The Morgan fingerprint density at radius 2 is 1.95 bits per heavy atom. The van der Waals surface area contributed by atoms with E-state index < -0.39 is 10.0 Å². The predicted octanol–water partition coefficient (Wildman–Crippen LogP) is 2.59. The molecule has 0 aliphatic heterocycles. The minimum absolute atomic E-state index is 0.0477. The second kappa shape index (κ2) is 8.67. The first-order chi connectivity index (χ1) is 9.61. The molecule has 1 aromatic rings. The van der Waals surface area contributed by atoms with E-state index in [1.807, 2.05) is 0 Å². The first-order valence-corrected chi connectivity index (χ1v) is 8.45. The average Bonchev–Trinajstić information content (AvgIpc) is 2.46. The highest BCUT2D eigenvalue weighted by molar-refractivity contribution is 7.89. The molecule has 5 nitrogen and oxygen atoms in total. The largest absolute Gasteiger partial charge is 0.244 e. The van der Waals surface area contributed by atoms with Crippen LogP contribution in [0.4, 0.5) is 0 Å².